The highest BCUT2D eigenvalue weighted by atomic mass is 16.5. The molecule has 2 atom stereocenters. The molecule has 1 fully saturated rings. The van der Waals surface area contributed by atoms with Crippen molar-refractivity contribution in [2.75, 3.05) is 25.1 Å². The van der Waals surface area contributed by atoms with Gasteiger partial charge in [-0.15, -0.1) is 0 Å². The van der Waals surface area contributed by atoms with Crippen LogP contribution in [-0.4, -0.2) is 32.3 Å². The van der Waals surface area contributed by atoms with Gasteiger partial charge in [-0.2, -0.15) is 0 Å². The van der Waals surface area contributed by atoms with Crippen LogP contribution in [0.2, 0.25) is 0 Å². The lowest BCUT2D eigenvalue weighted by Gasteiger charge is -2.31. The molecule has 2 aliphatic rings. The molecule has 1 amide bonds. The van der Waals surface area contributed by atoms with Crippen molar-refractivity contribution >= 4 is 11.8 Å². The van der Waals surface area contributed by atoms with E-state index in [0.29, 0.717) is 5.92 Å². The molecule has 0 aromatic heterocycles. The Bertz CT molecular complexity index is 447. The molecule has 17 heavy (non-hydrogen) atoms. The fourth-order valence-electron chi connectivity index (χ4n) is 3.00. The Morgan fingerprint density at radius 1 is 1.47 bits per heavy atom. The van der Waals surface area contributed by atoms with Gasteiger partial charge in [0.25, 0.3) is 0 Å². The van der Waals surface area contributed by atoms with Gasteiger partial charge in [0.1, 0.15) is 0 Å². The zero-order valence-electron chi connectivity index (χ0n) is 9.85. The molecule has 0 saturated carbocycles. The smallest absolute Gasteiger partial charge is 0.414 e. The summed E-state index contributed by atoms with van der Waals surface area (Å²) in [5.41, 5.74) is 2.27. The minimum absolute atomic E-state index is 0.244. The van der Waals surface area contributed by atoms with Crippen molar-refractivity contribution in [1.82, 2.24) is 5.32 Å². The fourth-order valence-corrected chi connectivity index (χ4v) is 3.00. The van der Waals surface area contributed by atoms with E-state index in [1.807, 2.05) is 23.1 Å². The monoisotopic (exact) mass is 232 g/mol. The fraction of sp³-hybridized carbons (Fsp3) is 0.462. The van der Waals surface area contributed by atoms with E-state index in [2.05, 4.69) is 11.4 Å². The average molecular weight is 232 g/mol. The van der Waals surface area contributed by atoms with Crippen LogP contribution in [0.5, 0.6) is 0 Å². The standard InChI is InChI=1S/C13H16N2O2/c1-17-13(16)15-11-5-3-2-4-9(11)10-8-14-7-6-12(10)15/h2-5,10,12,14H,6-8H2,1H3/t10-,12+/m0/s1. The molecule has 0 bridgehead atoms. The number of nitrogens with zero attached hydrogens (tertiary/aromatic N) is 1. The number of carbonyl (C=O) groups is 1. The molecule has 1 saturated heterocycles. The van der Waals surface area contributed by atoms with Gasteiger partial charge in [0, 0.05) is 18.5 Å². The zero-order valence-corrected chi connectivity index (χ0v) is 9.85. The second-order valence-electron chi connectivity index (χ2n) is 4.57. The molecule has 0 spiro atoms. The number of nitrogens with one attached hydrogen (secondary N) is 1. The van der Waals surface area contributed by atoms with Gasteiger partial charge >= 0.3 is 6.09 Å². The van der Waals surface area contributed by atoms with Crippen LogP contribution in [0.4, 0.5) is 10.5 Å². The Morgan fingerprint density at radius 3 is 3.12 bits per heavy atom. The summed E-state index contributed by atoms with van der Waals surface area (Å²) in [5.74, 6) is 0.402. The van der Waals surface area contributed by atoms with Gasteiger partial charge < -0.3 is 10.1 Å². The van der Waals surface area contributed by atoms with Crippen LogP contribution in [0.15, 0.2) is 24.3 Å². The first-order valence-electron chi connectivity index (χ1n) is 5.99. The third kappa shape index (κ3) is 1.52. The highest BCUT2D eigenvalue weighted by molar-refractivity contribution is 5.91. The summed E-state index contributed by atoms with van der Waals surface area (Å²) in [6.07, 6.45) is 0.737. The number of amides is 1. The third-order valence-electron chi connectivity index (χ3n) is 3.74. The van der Waals surface area contributed by atoms with Gasteiger partial charge in [-0.1, -0.05) is 18.2 Å². The molecule has 2 aliphatic heterocycles. The van der Waals surface area contributed by atoms with E-state index in [0.717, 1.165) is 25.2 Å². The summed E-state index contributed by atoms with van der Waals surface area (Å²) in [7, 11) is 1.44. The number of carbonyl (C=O) groups excluding carboxylic acids is 1. The second kappa shape index (κ2) is 4.04. The quantitative estimate of drug-likeness (QED) is 0.740. The minimum atomic E-state index is -0.244. The van der Waals surface area contributed by atoms with Gasteiger partial charge in [-0.25, -0.2) is 4.79 Å². The molecular weight excluding hydrogens is 216 g/mol. The van der Waals surface area contributed by atoms with Crippen LogP contribution >= 0.6 is 0 Å². The maximum absolute atomic E-state index is 11.9. The SMILES string of the molecule is COC(=O)N1c2ccccc2[C@@H]2CNCC[C@H]21. The molecule has 2 heterocycles. The van der Waals surface area contributed by atoms with Crippen molar-refractivity contribution in [2.45, 2.75) is 18.4 Å². The predicted molar refractivity (Wildman–Crippen MR) is 65.3 cm³/mol. The number of para-hydroxylation sites is 1. The number of methoxy groups -OCH3 is 1. The molecular formula is C13H16N2O2. The first-order valence-corrected chi connectivity index (χ1v) is 5.99. The number of piperidine rings is 1. The first-order chi connectivity index (χ1) is 8.33. The Balaban J connectivity index is 2.05. The number of fused-ring (bicyclic) bond motifs is 3. The first kappa shape index (κ1) is 10.6. The Kier molecular flexibility index (Phi) is 2.52. The Labute approximate surface area is 101 Å². The molecule has 0 radical (unpaired) electrons. The molecule has 4 nitrogen and oxygen atoms in total. The molecule has 1 aromatic rings. The summed E-state index contributed by atoms with van der Waals surface area (Å²) in [6.45, 7) is 1.90. The minimum Gasteiger partial charge on any atom is -0.452 e. The molecule has 4 heteroatoms. The maximum Gasteiger partial charge on any atom is 0.414 e. The summed E-state index contributed by atoms with van der Waals surface area (Å²) < 4.78 is 4.91. The number of ether oxygens (including phenoxy) is 1. The highest BCUT2D eigenvalue weighted by Crippen LogP contribution is 2.43. The van der Waals surface area contributed by atoms with Crippen LogP contribution in [0.3, 0.4) is 0 Å². The van der Waals surface area contributed by atoms with Gasteiger partial charge in [0.15, 0.2) is 0 Å². The van der Waals surface area contributed by atoms with E-state index in [1.54, 1.807) is 0 Å². The van der Waals surface area contributed by atoms with Crippen molar-refractivity contribution < 1.29 is 9.53 Å². The van der Waals surface area contributed by atoms with Crippen molar-refractivity contribution in [3.05, 3.63) is 29.8 Å². The van der Waals surface area contributed by atoms with Crippen LogP contribution < -0.4 is 10.2 Å². The van der Waals surface area contributed by atoms with Crippen molar-refractivity contribution in [3.8, 4) is 0 Å². The van der Waals surface area contributed by atoms with Crippen molar-refractivity contribution in [1.29, 1.82) is 0 Å². The highest BCUT2D eigenvalue weighted by Gasteiger charge is 2.42. The van der Waals surface area contributed by atoms with Crippen LogP contribution in [0.1, 0.15) is 17.9 Å². The number of rotatable bonds is 0. The summed E-state index contributed by atoms with van der Waals surface area (Å²) >= 11 is 0. The number of hydrogen-bond acceptors (Lipinski definition) is 3. The van der Waals surface area contributed by atoms with E-state index in [9.17, 15) is 4.79 Å². The summed E-state index contributed by atoms with van der Waals surface area (Å²) in [6, 6.07) is 8.37. The topological polar surface area (TPSA) is 41.6 Å². The zero-order chi connectivity index (χ0) is 11.8. The summed E-state index contributed by atoms with van der Waals surface area (Å²) in [4.78, 5) is 13.7. The number of anilines is 1. The lowest BCUT2D eigenvalue weighted by Crippen LogP contribution is -2.46. The lowest BCUT2D eigenvalue weighted by atomic mass is 9.90. The van der Waals surface area contributed by atoms with Crippen LogP contribution in [-0.2, 0) is 4.74 Å². The Hall–Kier alpha value is -1.55. The van der Waals surface area contributed by atoms with E-state index >= 15 is 0 Å². The third-order valence-corrected chi connectivity index (χ3v) is 3.74. The van der Waals surface area contributed by atoms with Gasteiger partial charge in [0.2, 0.25) is 0 Å². The van der Waals surface area contributed by atoms with Gasteiger partial charge in [-0.3, -0.25) is 4.90 Å². The lowest BCUT2D eigenvalue weighted by molar-refractivity contribution is 0.174. The molecule has 0 aliphatic carbocycles. The number of benzene rings is 1. The molecule has 1 N–H and O–H groups in total. The Morgan fingerprint density at radius 2 is 2.29 bits per heavy atom. The van der Waals surface area contributed by atoms with E-state index in [4.69, 9.17) is 4.74 Å². The van der Waals surface area contributed by atoms with Gasteiger partial charge in [0.05, 0.1) is 12.8 Å². The summed E-state index contributed by atoms with van der Waals surface area (Å²) in [5, 5.41) is 3.40. The van der Waals surface area contributed by atoms with E-state index < -0.39 is 0 Å². The average Bonchev–Trinajstić information content (AvgIpc) is 2.72. The normalized spacial score (nSPS) is 26.3. The molecule has 1 aromatic carbocycles. The van der Waals surface area contributed by atoms with Crippen LogP contribution in [0.25, 0.3) is 0 Å². The van der Waals surface area contributed by atoms with Crippen molar-refractivity contribution in [2.24, 2.45) is 0 Å². The van der Waals surface area contributed by atoms with Crippen molar-refractivity contribution in [3.63, 3.8) is 0 Å². The molecule has 0 unspecified atom stereocenters. The van der Waals surface area contributed by atoms with Crippen LogP contribution in [0, 0.1) is 0 Å². The van der Waals surface area contributed by atoms with E-state index in [-0.39, 0.29) is 12.1 Å². The predicted octanol–water partition coefficient (Wildman–Crippen LogP) is 1.72. The molecule has 90 valence electrons. The maximum atomic E-state index is 11.9. The largest absolute Gasteiger partial charge is 0.452 e. The molecule has 3 rings (SSSR count). The van der Waals surface area contributed by atoms with Gasteiger partial charge in [-0.05, 0) is 24.6 Å². The number of hydrogen-bond donors (Lipinski definition) is 1. The van der Waals surface area contributed by atoms with E-state index in [1.165, 1.54) is 12.7 Å². The second-order valence-corrected chi connectivity index (χ2v) is 4.57.